The van der Waals surface area contributed by atoms with Crippen molar-refractivity contribution in [1.82, 2.24) is 8.87 Å². The van der Waals surface area contributed by atoms with Crippen LogP contribution in [0.5, 0.6) is 0 Å². The Hall–Kier alpha value is -3.31. The Balaban J connectivity index is 1.43. The van der Waals surface area contributed by atoms with Crippen LogP contribution in [-0.2, 0) is 39.1 Å². The monoisotopic (exact) mass is 569 g/mol. The van der Waals surface area contributed by atoms with Crippen molar-refractivity contribution in [2.75, 3.05) is 13.2 Å². The van der Waals surface area contributed by atoms with Crippen LogP contribution in [0.2, 0.25) is 5.02 Å². The molecule has 1 aliphatic heterocycles. The highest BCUT2D eigenvalue weighted by atomic mass is 35.5. The van der Waals surface area contributed by atoms with Crippen LogP contribution >= 0.6 is 22.9 Å². The molecule has 0 bridgehead atoms. The predicted molar refractivity (Wildman–Crippen MR) is 146 cm³/mol. The Labute approximate surface area is 228 Å². The highest BCUT2D eigenvalue weighted by Gasteiger charge is 2.28. The van der Waals surface area contributed by atoms with Gasteiger partial charge in [-0.2, -0.15) is 9.30 Å². The lowest BCUT2D eigenvalue weighted by Crippen LogP contribution is -2.35. The van der Waals surface area contributed by atoms with Gasteiger partial charge in [0.05, 0.1) is 26.7 Å². The van der Waals surface area contributed by atoms with E-state index in [4.69, 9.17) is 16.3 Å². The zero-order chi connectivity index (χ0) is 26.9. The number of sulfonamides is 1. The molecule has 0 unspecified atom stereocenters. The number of halogens is 1. The van der Waals surface area contributed by atoms with Gasteiger partial charge in [-0.3, -0.25) is 9.59 Å². The fourth-order valence-corrected chi connectivity index (χ4v) is 7.21. The largest absolute Gasteiger partial charge is 0.465 e. The zero-order valence-electron chi connectivity index (χ0n) is 20.5. The van der Waals surface area contributed by atoms with E-state index in [-0.39, 0.29) is 28.4 Å². The molecule has 1 amide bonds. The standard InChI is InChI=1S/C27H24ClN3O5S2/c1-2-36-24(32)17-31-25-22(28)8-5-9-23(25)37-27(31)29-26(33)19-10-12-21(13-11-19)38(34,35)30-15-14-18-6-3-4-7-20(18)16-30/h3-13H,2,14-17H2,1H3. The van der Waals surface area contributed by atoms with Gasteiger partial charge in [-0.15, -0.1) is 0 Å². The number of fused-ring (bicyclic) bond motifs is 2. The molecule has 4 aromatic rings. The van der Waals surface area contributed by atoms with Crippen molar-refractivity contribution in [2.24, 2.45) is 4.99 Å². The highest BCUT2D eigenvalue weighted by Crippen LogP contribution is 2.27. The first-order valence-corrected chi connectivity index (χ1v) is 14.6. The van der Waals surface area contributed by atoms with Crippen LogP contribution in [0.1, 0.15) is 28.4 Å². The number of thiazole rings is 1. The van der Waals surface area contributed by atoms with Gasteiger partial charge in [0.25, 0.3) is 5.91 Å². The van der Waals surface area contributed by atoms with E-state index in [0.29, 0.717) is 30.0 Å². The summed E-state index contributed by atoms with van der Waals surface area (Å²) in [4.78, 5) is 29.9. The Morgan fingerprint density at radius 3 is 2.50 bits per heavy atom. The van der Waals surface area contributed by atoms with Gasteiger partial charge in [0.15, 0.2) is 4.80 Å². The number of hydrogen-bond donors (Lipinski definition) is 0. The highest BCUT2D eigenvalue weighted by molar-refractivity contribution is 7.89. The second kappa shape index (κ2) is 10.8. The minimum Gasteiger partial charge on any atom is -0.465 e. The molecule has 2 heterocycles. The van der Waals surface area contributed by atoms with Gasteiger partial charge in [-0.05, 0) is 60.9 Å². The number of carbonyl (C=O) groups is 2. The number of benzene rings is 3. The number of aromatic nitrogens is 1. The SMILES string of the molecule is CCOC(=O)Cn1c(=NC(=O)c2ccc(S(=O)(=O)N3CCc4ccccc4C3)cc2)sc2cccc(Cl)c21. The maximum Gasteiger partial charge on any atom is 0.326 e. The van der Waals surface area contributed by atoms with E-state index < -0.39 is 21.9 Å². The van der Waals surface area contributed by atoms with E-state index in [2.05, 4.69) is 4.99 Å². The third-order valence-corrected chi connectivity index (χ3v) is 9.48. The van der Waals surface area contributed by atoms with Crippen molar-refractivity contribution < 1.29 is 22.7 Å². The minimum atomic E-state index is -3.73. The normalized spacial score (nSPS) is 14.4. The van der Waals surface area contributed by atoms with Crippen molar-refractivity contribution in [2.45, 2.75) is 31.3 Å². The van der Waals surface area contributed by atoms with E-state index >= 15 is 0 Å². The maximum atomic E-state index is 13.3. The van der Waals surface area contributed by atoms with Crippen LogP contribution in [-0.4, -0.2) is 42.3 Å². The van der Waals surface area contributed by atoms with E-state index in [1.165, 1.54) is 39.9 Å². The molecule has 1 aliphatic rings. The number of amides is 1. The number of carbonyl (C=O) groups excluding carboxylic acids is 2. The Morgan fingerprint density at radius 1 is 1.03 bits per heavy atom. The number of hydrogen-bond acceptors (Lipinski definition) is 6. The Morgan fingerprint density at radius 2 is 1.76 bits per heavy atom. The van der Waals surface area contributed by atoms with Crippen LogP contribution in [0.4, 0.5) is 0 Å². The summed E-state index contributed by atoms with van der Waals surface area (Å²) in [5.41, 5.74) is 2.96. The summed E-state index contributed by atoms with van der Waals surface area (Å²) in [6.45, 7) is 2.48. The third kappa shape index (κ3) is 5.17. The summed E-state index contributed by atoms with van der Waals surface area (Å²) in [6, 6.07) is 18.9. The van der Waals surface area contributed by atoms with Crippen LogP contribution in [0.15, 0.2) is 76.6 Å². The average molecular weight is 570 g/mol. The first kappa shape index (κ1) is 26.3. The lowest BCUT2D eigenvalue weighted by molar-refractivity contribution is -0.143. The molecule has 196 valence electrons. The molecule has 3 aromatic carbocycles. The molecule has 8 nitrogen and oxygen atoms in total. The van der Waals surface area contributed by atoms with Crippen molar-refractivity contribution in [3.05, 3.63) is 93.2 Å². The first-order valence-electron chi connectivity index (χ1n) is 12.0. The van der Waals surface area contributed by atoms with Gasteiger partial charge in [0.2, 0.25) is 10.0 Å². The first-order chi connectivity index (χ1) is 18.3. The fraction of sp³-hybridized carbons (Fsp3) is 0.222. The summed E-state index contributed by atoms with van der Waals surface area (Å²) >= 11 is 7.61. The second-order valence-electron chi connectivity index (χ2n) is 8.66. The van der Waals surface area contributed by atoms with E-state index in [1.54, 1.807) is 23.6 Å². The van der Waals surface area contributed by atoms with Gasteiger partial charge in [-0.25, -0.2) is 8.42 Å². The third-order valence-electron chi connectivity index (χ3n) is 6.28. The molecular weight excluding hydrogens is 546 g/mol. The smallest absolute Gasteiger partial charge is 0.326 e. The molecule has 38 heavy (non-hydrogen) atoms. The molecule has 0 atom stereocenters. The predicted octanol–water partition coefficient (Wildman–Crippen LogP) is 4.41. The van der Waals surface area contributed by atoms with Crippen LogP contribution in [0.3, 0.4) is 0 Å². The van der Waals surface area contributed by atoms with Crippen LogP contribution in [0, 0.1) is 0 Å². The molecule has 11 heteroatoms. The summed E-state index contributed by atoms with van der Waals surface area (Å²) in [5, 5.41) is 0.423. The lowest BCUT2D eigenvalue weighted by Gasteiger charge is -2.28. The van der Waals surface area contributed by atoms with E-state index in [1.807, 2.05) is 30.3 Å². The van der Waals surface area contributed by atoms with Crippen molar-refractivity contribution in [3.8, 4) is 0 Å². The van der Waals surface area contributed by atoms with Crippen LogP contribution < -0.4 is 4.80 Å². The summed E-state index contributed by atoms with van der Waals surface area (Å²) in [5.74, 6) is -1.04. The van der Waals surface area contributed by atoms with Gasteiger partial charge in [-0.1, -0.05) is 53.3 Å². The molecule has 0 saturated heterocycles. The molecule has 0 spiro atoms. The topological polar surface area (TPSA) is 98.0 Å². The van der Waals surface area contributed by atoms with E-state index in [0.717, 1.165) is 15.8 Å². The molecule has 0 aliphatic carbocycles. The quantitative estimate of drug-likeness (QED) is 0.320. The number of rotatable bonds is 6. The van der Waals surface area contributed by atoms with Gasteiger partial charge in [0.1, 0.15) is 6.54 Å². The zero-order valence-corrected chi connectivity index (χ0v) is 22.9. The van der Waals surface area contributed by atoms with Gasteiger partial charge >= 0.3 is 5.97 Å². The van der Waals surface area contributed by atoms with Gasteiger partial charge < -0.3 is 9.30 Å². The number of para-hydroxylation sites is 1. The van der Waals surface area contributed by atoms with Crippen molar-refractivity contribution in [1.29, 1.82) is 0 Å². The number of ether oxygens (including phenoxy) is 1. The van der Waals surface area contributed by atoms with Crippen molar-refractivity contribution >= 4 is 55.1 Å². The second-order valence-corrected chi connectivity index (χ2v) is 12.0. The molecule has 1 aromatic heterocycles. The van der Waals surface area contributed by atoms with Gasteiger partial charge in [0, 0.05) is 18.7 Å². The molecular formula is C27H24ClN3O5S2. The van der Waals surface area contributed by atoms with E-state index in [9.17, 15) is 18.0 Å². The summed E-state index contributed by atoms with van der Waals surface area (Å²) in [6.07, 6.45) is 0.649. The molecule has 0 saturated carbocycles. The number of nitrogens with zero attached hydrogens (tertiary/aromatic N) is 3. The molecule has 5 rings (SSSR count). The molecule has 0 radical (unpaired) electrons. The minimum absolute atomic E-state index is 0.111. The summed E-state index contributed by atoms with van der Waals surface area (Å²) < 4.78 is 35.4. The Kier molecular flexibility index (Phi) is 7.49. The molecule has 0 fully saturated rings. The summed E-state index contributed by atoms with van der Waals surface area (Å²) in [7, 11) is -3.73. The molecule has 0 N–H and O–H groups in total. The Bertz CT molecular complexity index is 1710. The fourth-order valence-electron chi connectivity index (χ4n) is 4.40. The maximum absolute atomic E-state index is 13.3. The number of esters is 1. The van der Waals surface area contributed by atoms with Crippen LogP contribution in [0.25, 0.3) is 10.2 Å². The van der Waals surface area contributed by atoms with Crippen molar-refractivity contribution in [3.63, 3.8) is 0 Å². The average Bonchev–Trinajstić information content (AvgIpc) is 3.26. The lowest BCUT2D eigenvalue weighted by atomic mass is 10.0.